The van der Waals surface area contributed by atoms with Crippen molar-refractivity contribution >= 4 is 5.91 Å². The van der Waals surface area contributed by atoms with Crippen LogP contribution in [0.15, 0.2) is 12.3 Å². The Balaban J connectivity index is 2.44. The summed E-state index contributed by atoms with van der Waals surface area (Å²) in [6.07, 6.45) is 2.58. The second-order valence-corrected chi connectivity index (χ2v) is 1.29. The first-order valence-corrected chi connectivity index (χ1v) is 1.92. The Morgan fingerprint density at radius 3 is 2.43 bits per heavy atom. The van der Waals surface area contributed by atoms with Crippen LogP contribution in [0, 0.1) is 0 Å². The quantitative estimate of drug-likeness (QED) is 0.476. The predicted molar refractivity (Wildman–Crippen MR) is 23.2 cm³/mol. The van der Waals surface area contributed by atoms with Crippen LogP contribution < -0.4 is 5.73 Å². The third-order valence-corrected chi connectivity index (χ3v) is 0.759. The van der Waals surface area contributed by atoms with Gasteiger partial charge in [-0.3, -0.25) is 4.79 Å². The van der Waals surface area contributed by atoms with Crippen molar-refractivity contribution in [3.63, 3.8) is 0 Å². The van der Waals surface area contributed by atoms with Crippen LogP contribution in [-0.2, 0) is 9.53 Å². The fourth-order valence-electron chi connectivity index (χ4n) is 0.319. The van der Waals surface area contributed by atoms with E-state index in [1.54, 1.807) is 6.08 Å². The van der Waals surface area contributed by atoms with Gasteiger partial charge in [-0.25, -0.2) is 0 Å². The molecule has 1 unspecified atom stereocenters. The van der Waals surface area contributed by atoms with Gasteiger partial charge in [0.2, 0.25) is 0 Å². The maximum absolute atomic E-state index is 10.0. The summed E-state index contributed by atoms with van der Waals surface area (Å²) < 4.78 is 4.54. The zero-order valence-electron chi connectivity index (χ0n) is 3.63. The van der Waals surface area contributed by atoms with Gasteiger partial charge in [-0.1, -0.05) is 0 Å². The highest BCUT2D eigenvalue weighted by atomic mass is 16.5. The van der Waals surface area contributed by atoms with Gasteiger partial charge in [0.05, 0.1) is 6.26 Å². The number of primary amides is 1. The standard InChI is InChI=1S/C4H5NO2/c5-4(6)3-1-2-7-3/h1-3H,(H2,5,6). The highest BCUT2D eigenvalue weighted by Crippen LogP contribution is 2.03. The number of carbonyl (C=O) groups excluding carboxylic acids is 1. The molecule has 0 fully saturated rings. The number of carbonyl (C=O) groups is 1. The van der Waals surface area contributed by atoms with Gasteiger partial charge >= 0.3 is 0 Å². The van der Waals surface area contributed by atoms with Crippen molar-refractivity contribution in [3.8, 4) is 0 Å². The van der Waals surface area contributed by atoms with Crippen LogP contribution in [0.3, 0.4) is 0 Å². The van der Waals surface area contributed by atoms with Crippen molar-refractivity contribution in [2.45, 2.75) is 6.10 Å². The van der Waals surface area contributed by atoms with Crippen LogP contribution in [0.4, 0.5) is 0 Å². The summed E-state index contributed by atoms with van der Waals surface area (Å²) in [5, 5.41) is 0. The summed E-state index contributed by atoms with van der Waals surface area (Å²) in [5.41, 5.74) is 4.78. The molecular formula is C4H5NO2. The van der Waals surface area contributed by atoms with E-state index >= 15 is 0 Å². The monoisotopic (exact) mass is 99.0 g/mol. The first-order chi connectivity index (χ1) is 3.30. The van der Waals surface area contributed by atoms with Gasteiger partial charge in [-0.2, -0.15) is 0 Å². The van der Waals surface area contributed by atoms with E-state index in [9.17, 15) is 4.79 Å². The summed E-state index contributed by atoms with van der Waals surface area (Å²) in [6, 6.07) is 0. The number of hydrogen-bond donors (Lipinski definition) is 1. The molecule has 1 aliphatic rings. The number of amides is 1. The maximum Gasteiger partial charge on any atom is 0.262 e. The zero-order valence-corrected chi connectivity index (χ0v) is 3.63. The zero-order chi connectivity index (χ0) is 5.28. The van der Waals surface area contributed by atoms with Crippen molar-refractivity contribution in [2.24, 2.45) is 5.73 Å². The van der Waals surface area contributed by atoms with Crippen molar-refractivity contribution in [3.05, 3.63) is 12.3 Å². The molecular weight excluding hydrogens is 94.0 g/mol. The number of rotatable bonds is 1. The minimum atomic E-state index is -0.458. The summed E-state index contributed by atoms with van der Waals surface area (Å²) in [7, 11) is 0. The normalized spacial score (nSPS) is 25.4. The third-order valence-electron chi connectivity index (χ3n) is 0.759. The molecule has 0 spiro atoms. The Morgan fingerprint density at radius 1 is 1.86 bits per heavy atom. The number of ether oxygens (including phenoxy) is 1. The Labute approximate surface area is 40.8 Å². The number of nitrogens with two attached hydrogens (primary N) is 1. The van der Waals surface area contributed by atoms with E-state index in [2.05, 4.69) is 4.74 Å². The lowest BCUT2D eigenvalue weighted by molar-refractivity contribution is -0.125. The lowest BCUT2D eigenvalue weighted by Crippen LogP contribution is -2.31. The van der Waals surface area contributed by atoms with Crippen LogP contribution in [0.1, 0.15) is 0 Å². The first-order valence-electron chi connectivity index (χ1n) is 1.92. The van der Waals surface area contributed by atoms with Crippen LogP contribution in [0.2, 0.25) is 0 Å². The maximum atomic E-state index is 10.0. The Hall–Kier alpha value is -0.990. The highest BCUT2D eigenvalue weighted by molar-refractivity contribution is 5.81. The molecule has 3 heteroatoms. The Kier molecular flexibility index (Phi) is 0.749. The van der Waals surface area contributed by atoms with E-state index < -0.39 is 12.0 Å². The van der Waals surface area contributed by atoms with E-state index in [0.717, 1.165) is 0 Å². The van der Waals surface area contributed by atoms with Crippen LogP contribution in [0.25, 0.3) is 0 Å². The molecule has 2 N–H and O–H groups in total. The van der Waals surface area contributed by atoms with Crippen LogP contribution in [-0.4, -0.2) is 12.0 Å². The molecule has 0 saturated heterocycles. The SMILES string of the molecule is NC(=O)C1C=CO1. The molecule has 1 heterocycles. The molecule has 1 amide bonds. The number of hydrogen-bond acceptors (Lipinski definition) is 2. The van der Waals surface area contributed by atoms with E-state index in [4.69, 9.17) is 5.73 Å². The lowest BCUT2D eigenvalue weighted by Gasteiger charge is -2.14. The molecule has 0 radical (unpaired) electrons. The molecule has 0 aromatic heterocycles. The largest absolute Gasteiger partial charge is 0.484 e. The lowest BCUT2D eigenvalue weighted by atomic mass is 10.3. The van der Waals surface area contributed by atoms with Crippen molar-refractivity contribution < 1.29 is 9.53 Å². The van der Waals surface area contributed by atoms with Gasteiger partial charge in [-0.05, 0) is 6.08 Å². The third kappa shape index (κ3) is 0.559. The van der Waals surface area contributed by atoms with Gasteiger partial charge in [0.15, 0.2) is 6.10 Å². The summed E-state index contributed by atoms with van der Waals surface area (Å²) in [4.78, 5) is 10.0. The second-order valence-electron chi connectivity index (χ2n) is 1.29. The van der Waals surface area contributed by atoms with Crippen molar-refractivity contribution in [1.29, 1.82) is 0 Å². The summed E-state index contributed by atoms with van der Waals surface area (Å²) in [5.74, 6) is -0.428. The molecule has 0 saturated carbocycles. The molecule has 0 aromatic rings. The average molecular weight is 99.1 g/mol. The highest BCUT2D eigenvalue weighted by Gasteiger charge is 2.16. The van der Waals surface area contributed by atoms with Gasteiger partial charge in [0, 0.05) is 0 Å². The topological polar surface area (TPSA) is 52.3 Å². The van der Waals surface area contributed by atoms with Gasteiger partial charge in [-0.15, -0.1) is 0 Å². The first kappa shape index (κ1) is 4.18. The van der Waals surface area contributed by atoms with Crippen molar-refractivity contribution in [1.82, 2.24) is 0 Å². The molecule has 0 aliphatic carbocycles. The Bertz CT molecular complexity index is 119. The second kappa shape index (κ2) is 1.26. The molecule has 7 heavy (non-hydrogen) atoms. The van der Waals surface area contributed by atoms with E-state index in [1.165, 1.54) is 6.26 Å². The fourth-order valence-corrected chi connectivity index (χ4v) is 0.319. The van der Waals surface area contributed by atoms with Gasteiger partial charge in [0.1, 0.15) is 0 Å². The van der Waals surface area contributed by atoms with E-state index in [0.29, 0.717) is 0 Å². The van der Waals surface area contributed by atoms with Crippen LogP contribution >= 0.6 is 0 Å². The summed E-state index contributed by atoms with van der Waals surface area (Å²) >= 11 is 0. The molecule has 1 rings (SSSR count). The minimum absolute atomic E-state index is 0.428. The fraction of sp³-hybridized carbons (Fsp3) is 0.250. The molecule has 0 bridgehead atoms. The van der Waals surface area contributed by atoms with Crippen LogP contribution in [0.5, 0.6) is 0 Å². The molecule has 3 nitrogen and oxygen atoms in total. The Morgan fingerprint density at radius 2 is 2.43 bits per heavy atom. The van der Waals surface area contributed by atoms with Gasteiger partial charge < -0.3 is 10.5 Å². The van der Waals surface area contributed by atoms with Crippen molar-refractivity contribution in [2.75, 3.05) is 0 Å². The average Bonchev–Trinajstić information content (AvgIpc) is 1.23. The molecule has 1 aliphatic heterocycles. The minimum Gasteiger partial charge on any atom is -0.484 e. The molecule has 0 aromatic carbocycles. The molecule has 1 atom stereocenters. The molecule has 38 valence electrons. The summed E-state index contributed by atoms with van der Waals surface area (Å²) in [6.45, 7) is 0. The predicted octanol–water partition coefficient (Wildman–Crippen LogP) is -0.616. The van der Waals surface area contributed by atoms with Gasteiger partial charge in [0.25, 0.3) is 5.91 Å². The smallest absolute Gasteiger partial charge is 0.262 e. The van der Waals surface area contributed by atoms with E-state index in [-0.39, 0.29) is 0 Å². The van der Waals surface area contributed by atoms with E-state index in [1.807, 2.05) is 0 Å².